The highest BCUT2D eigenvalue weighted by atomic mass is 35.5. The lowest BCUT2D eigenvalue weighted by molar-refractivity contribution is 0.865. The molecule has 1 aromatic carbocycles. The third kappa shape index (κ3) is 2.02. The molecule has 1 aromatic heterocycles. The molecule has 0 unspecified atom stereocenters. The van der Waals surface area contributed by atoms with Gasteiger partial charge in [0.05, 0.1) is 10.7 Å². The molecule has 0 spiro atoms. The smallest absolute Gasteiger partial charge is 0.244 e. The Morgan fingerprint density at radius 1 is 1.27 bits per heavy atom. The summed E-state index contributed by atoms with van der Waals surface area (Å²) in [5, 5.41) is 3.30. The molecular formula is C8H4Cl3N3O. The number of hydrogen-bond acceptors (Lipinski definition) is 2. The average molecular weight is 264 g/mol. The first-order valence-electron chi connectivity index (χ1n) is 3.88. The summed E-state index contributed by atoms with van der Waals surface area (Å²) >= 11 is 17.4. The molecule has 0 amide bonds. The number of H-pyrrole nitrogens is 1. The normalized spacial score (nSPS) is 10.6. The minimum absolute atomic E-state index is 0.0178. The van der Waals surface area contributed by atoms with Crippen LogP contribution in [0.3, 0.4) is 0 Å². The van der Waals surface area contributed by atoms with E-state index in [4.69, 9.17) is 34.8 Å². The maximum Gasteiger partial charge on any atom is 0.362 e. The van der Waals surface area contributed by atoms with Crippen molar-refractivity contribution in [1.82, 2.24) is 14.8 Å². The molecule has 7 heteroatoms. The Balaban J connectivity index is 2.64. The van der Waals surface area contributed by atoms with Gasteiger partial charge in [0.1, 0.15) is 0 Å². The first kappa shape index (κ1) is 10.5. The van der Waals surface area contributed by atoms with Gasteiger partial charge in [0.15, 0.2) is 0 Å². The lowest BCUT2D eigenvalue weighted by Gasteiger charge is -2.05. The number of nitrogens with one attached hydrogen (secondary N) is 1. The van der Waals surface area contributed by atoms with Crippen LogP contribution >= 0.6 is 34.8 Å². The molecule has 2 rings (SSSR count). The zero-order chi connectivity index (χ0) is 11.0. The van der Waals surface area contributed by atoms with Gasteiger partial charge < -0.3 is 0 Å². The lowest BCUT2D eigenvalue weighted by Crippen LogP contribution is -2.05. The Hall–Kier alpha value is -0.970. The topological polar surface area (TPSA) is 50.7 Å². The summed E-state index contributed by atoms with van der Waals surface area (Å²) in [6, 6.07) is 4.82. The molecule has 0 aliphatic rings. The van der Waals surface area contributed by atoms with Gasteiger partial charge in [-0.2, -0.15) is 4.98 Å². The standard InChI is InChI=1S/C8H4Cl3N3O/c9-4-1-2-6(5(10)3-4)14-7(11)12-8(15)13-14/h1-3H,(H,13,15). The van der Waals surface area contributed by atoms with Gasteiger partial charge in [0, 0.05) is 5.02 Å². The van der Waals surface area contributed by atoms with Crippen LogP contribution in [0, 0.1) is 0 Å². The molecule has 0 saturated carbocycles. The van der Waals surface area contributed by atoms with Crippen LogP contribution in [-0.2, 0) is 0 Å². The monoisotopic (exact) mass is 263 g/mol. The van der Waals surface area contributed by atoms with Crippen molar-refractivity contribution >= 4 is 34.8 Å². The summed E-state index contributed by atoms with van der Waals surface area (Å²) in [5.41, 5.74) is -0.0216. The minimum Gasteiger partial charge on any atom is -0.244 e. The molecule has 78 valence electrons. The molecule has 0 atom stereocenters. The van der Waals surface area contributed by atoms with E-state index in [0.717, 1.165) is 0 Å². The highest BCUT2D eigenvalue weighted by molar-refractivity contribution is 6.36. The van der Waals surface area contributed by atoms with Crippen molar-refractivity contribution in [3.05, 3.63) is 44.0 Å². The molecule has 1 heterocycles. The fourth-order valence-corrected chi connectivity index (χ4v) is 1.83. The Morgan fingerprint density at radius 3 is 2.53 bits per heavy atom. The summed E-state index contributed by atoms with van der Waals surface area (Å²) in [6.45, 7) is 0. The van der Waals surface area contributed by atoms with Crippen molar-refractivity contribution in [2.24, 2.45) is 0 Å². The molecule has 1 N–H and O–H groups in total. The van der Waals surface area contributed by atoms with E-state index >= 15 is 0 Å². The van der Waals surface area contributed by atoms with Crippen LogP contribution in [0.4, 0.5) is 0 Å². The average Bonchev–Trinajstić information content (AvgIpc) is 2.45. The van der Waals surface area contributed by atoms with Crippen molar-refractivity contribution in [3.8, 4) is 5.69 Å². The largest absolute Gasteiger partial charge is 0.362 e. The van der Waals surface area contributed by atoms with E-state index in [1.165, 1.54) is 4.68 Å². The Bertz CT molecular complexity index is 560. The quantitative estimate of drug-likeness (QED) is 0.860. The second kappa shape index (κ2) is 3.89. The van der Waals surface area contributed by atoms with Crippen LogP contribution in [0.25, 0.3) is 5.69 Å². The highest BCUT2D eigenvalue weighted by Crippen LogP contribution is 2.24. The SMILES string of the molecule is O=c1nc(Cl)n(-c2ccc(Cl)cc2Cl)[nH]1. The van der Waals surface area contributed by atoms with Crippen LogP contribution in [0.15, 0.2) is 23.0 Å². The number of hydrogen-bond donors (Lipinski definition) is 1. The predicted molar refractivity (Wildman–Crippen MR) is 59.2 cm³/mol. The van der Waals surface area contributed by atoms with Crippen molar-refractivity contribution in [2.75, 3.05) is 0 Å². The van der Waals surface area contributed by atoms with Gasteiger partial charge in [0.2, 0.25) is 5.28 Å². The molecule has 0 radical (unpaired) electrons. The minimum atomic E-state index is -0.536. The van der Waals surface area contributed by atoms with Gasteiger partial charge in [-0.05, 0) is 29.8 Å². The van der Waals surface area contributed by atoms with Crippen molar-refractivity contribution in [3.63, 3.8) is 0 Å². The van der Waals surface area contributed by atoms with Crippen LogP contribution in [0.2, 0.25) is 15.3 Å². The van der Waals surface area contributed by atoms with Crippen LogP contribution in [0.5, 0.6) is 0 Å². The molecule has 0 bridgehead atoms. The number of aromatic amines is 1. The molecule has 0 fully saturated rings. The number of rotatable bonds is 1. The molecule has 0 saturated heterocycles. The second-order valence-corrected chi connectivity index (χ2v) is 3.91. The second-order valence-electron chi connectivity index (χ2n) is 2.73. The van der Waals surface area contributed by atoms with Gasteiger partial charge >= 0.3 is 5.69 Å². The van der Waals surface area contributed by atoms with Gasteiger partial charge in [-0.25, -0.2) is 14.6 Å². The maximum atomic E-state index is 10.9. The van der Waals surface area contributed by atoms with E-state index in [9.17, 15) is 4.79 Å². The van der Waals surface area contributed by atoms with Crippen LogP contribution in [0.1, 0.15) is 0 Å². The molecule has 2 aromatic rings. The number of benzene rings is 1. The number of nitrogens with zero attached hydrogens (tertiary/aromatic N) is 2. The van der Waals surface area contributed by atoms with E-state index in [1.54, 1.807) is 18.2 Å². The van der Waals surface area contributed by atoms with Gasteiger partial charge in [-0.1, -0.05) is 23.2 Å². The Kier molecular flexibility index (Phi) is 2.73. The summed E-state index contributed by atoms with van der Waals surface area (Å²) in [6.07, 6.45) is 0. The number of halogens is 3. The van der Waals surface area contributed by atoms with E-state index in [-0.39, 0.29) is 5.28 Å². The summed E-state index contributed by atoms with van der Waals surface area (Å²) in [7, 11) is 0. The van der Waals surface area contributed by atoms with Crippen molar-refractivity contribution < 1.29 is 0 Å². The molecule has 15 heavy (non-hydrogen) atoms. The first-order valence-corrected chi connectivity index (χ1v) is 5.01. The molecule has 4 nitrogen and oxygen atoms in total. The fraction of sp³-hybridized carbons (Fsp3) is 0. The van der Waals surface area contributed by atoms with Crippen LogP contribution < -0.4 is 5.69 Å². The third-order valence-corrected chi connectivity index (χ3v) is 2.53. The van der Waals surface area contributed by atoms with E-state index < -0.39 is 5.69 Å². The molecule has 0 aliphatic carbocycles. The maximum absolute atomic E-state index is 10.9. The zero-order valence-electron chi connectivity index (χ0n) is 7.17. The summed E-state index contributed by atoms with van der Waals surface area (Å²) in [5.74, 6) is 0. The van der Waals surface area contributed by atoms with Crippen molar-refractivity contribution in [2.45, 2.75) is 0 Å². The Morgan fingerprint density at radius 2 is 2.00 bits per heavy atom. The number of aromatic nitrogens is 3. The zero-order valence-corrected chi connectivity index (χ0v) is 9.44. The first-order chi connectivity index (χ1) is 7.08. The van der Waals surface area contributed by atoms with Gasteiger partial charge in [-0.3, -0.25) is 0 Å². The van der Waals surface area contributed by atoms with E-state index in [2.05, 4.69) is 10.1 Å². The fourth-order valence-electron chi connectivity index (χ4n) is 1.12. The van der Waals surface area contributed by atoms with Crippen molar-refractivity contribution in [1.29, 1.82) is 0 Å². The van der Waals surface area contributed by atoms with E-state index in [0.29, 0.717) is 15.7 Å². The lowest BCUT2D eigenvalue weighted by atomic mass is 10.3. The Labute approximate surface area is 99.4 Å². The summed E-state index contributed by atoms with van der Waals surface area (Å²) < 4.78 is 1.28. The molecule has 0 aliphatic heterocycles. The third-order valence-electron chi connectivity index (χ3n) is 1.74. The van der Waals surface area contributed by atoms with Gasteiger partial charge in [-0.15, -0.1) is 0 Å². The summed E-state index contributed by atoms with van der Waals surface area (Å²) in [4.78, 5) is 14.4. The highest BCUT2D eigenvalue weighted by Gasteiger charge is 2.09. The molecular weight excluding hydrogens is 260 g/mol. The van der Waals surface area contributed by atoms with Crippen LogP contribution in [-0.4, -0.2) is 14.8 Å². The predicted octanol–water partition coefficient (Wildman–Crippen LogP) is 2.52. The van der Waals surface area contributed by atoms with Gasteiger partial charge in [0.25, 0.3) is 0 Å². The van der Waals surface area contributed by atoms with E-state index in [1.807, 2.05) is 0 Å².